The van der Waals surface area contributed by atoms with Gasteiger partial charge >= 0.3 is 0 Å². The van der Waals surface area contributed by atoms with Crippen LogP contribution in [0.25, 0.3) is 22.0 Å². The van der Waals surface area contributed by atoms with Gasteiger partial charge in [-0.1, -0.05) is 48.5 Å². The Morgan fingerprint density at radius 3 is 2.41 bits per heavy atom. The van der Waals surface area contributed by atoms with Crippen LogP contribution in [0.5, 0.6) is 0 Å². The first-order valence-corrected chi connectivity index (χ1v) is 9.93. The van der Waals surface area contributed by atoms with Crippen molar-refractivity contribution in [1.82, 2.24) is 4.98 Å². The molecule has 0 bridgehead atoms. The van der Waals surface area contributed by atoms with Crippen LogP contribution in [0.15, 0.2) is 60.7 Å². The van der Waals surface area contributed by atoms with Crippen molar-refractivity contribution in [2.75, 3.05) is 5.32 Å². The molecule has 0 aliphatic heterocycles. The number of aryl methyl sites for hydroxylation is 2. The number of benzene rings is 2. The second kappa shape index (κ2) is 7.48. The number of para-hydroxylation sites is 1. The van der Waals surface area contributed by atoms with Crippen molar-refractivity contribution >= 4 is 39.1 Å². The molecule has 2 aromatic heterocycles. The third-order valence-electron chi connectivity index (χ3n) is 4.78. The highest BCUT2D eigenvalue weighted by Gasteiger charge is 2.23. The molecule has 0 aliphatic rings. The zero-order chi connectivity index (χ0) is 20.5. The smallest absolute Gasteiger partial charge is 0.258 e. The lowest BCUT2D eigenvalue weighted by Gasteiger charge is -2.09. The van der Waals surface area contributed by atoms with E-state index in [0.29, 0.717) is 21.8 Å². The molecule has 0 unspecified atom stereocenters. The number of primary amides is 1. The molecule has 29 heavy (non-hydrogen) atoms. The normalized spacial score (nSPS) is 10.8. The maximum atomic E-state index is 13.0. The Balaban J connectivity index is 1.76. The Bertz CT molecular complexity index is 1250. The van der Waals surface area contributed by atoms with Gasteiger partial charge in [-0.3, -0.25) is 14.6 Å². The van der Waals surface area contributed by atoms with Crippen LogP contribution >= 0.6 is 11.3 Å². The Morgan fingerprint density at radius 1 is 1.00 bits per heavy atom. The number of rotatable bonds is 4. The lowest BCUT2D eigenvalue weighted by Crippen LogP contribution is -2.18. The highest BCUT2D eigenvalue weighted by Crippen LogP contribution is 2.39. The summed E-state index contributed by atoms with van der Waals surface area (Å²) >= 11 is 1.34. The SMILES string of the molecule is Cc1nc2ccccc2cc1C(=O)Nc1sc(C)c(-c2ccccc2)c1C(N)=O. The van der Waals surface area contributed by atoms with E-state index in [1.165, 1.54) is 11.3 Å². The molecule has 4 aromatic rings. The molecule has 0 spiro atoms. The first kappa shape index (κ1) is 18.8. The number of fused-ring (bicyclic) bond motifs is 1. The molecule has 144 valence electrons. The zero-order valence-corrected chi connectivity index (χ0v) is 16.8. The molecule has 0 fully saturated rings. The molecule has 3 N–H and O–H groups in total. The highest BCUT2D eigenvalue weighted by atomic mass is 32.1. The lowest BCUT2D eigenvalue weighted by molar-refractivity contribution is 0.100. The fourth-order valence-corrected chi connectivity index (χ4v) is 4.51. The van der Waals surface area contributed by atoms with Gasteiger partial charge in [-0.2, -0.15) is 0 Å². The minimum atomic E-state index is -0.572. The summed E-state index contributed by atoms with van der Waals surface area (Å²) in [5, 5.41) is 4.21. The van der Waals surface area contributed by atoms with E-state index in [-0.39, 0.29) is 5.91 Å². The molecular weight excluding hydrogens is 382 g/mol. The van der Waals surface area contributed by atoms with E-state index >= 15 is 0 Å². The second-order valence-electron chi connectivity index (χ2n) is 6.74. The van der Waals surface area contributed by atoms with Crippen molar-refractivity contribution in [2.24, 2.45) is 5.73 Å². The quantitative estimate of drug-likeness (QED) is 0.508. The van der Waals surface area contributed by atoms with Gasteiger partial charge in [0.2, 0.25) is 0 Å². The molecule has 2 aromatic carbocycles. The number of aromatic nitrogens is 1. The van der Waals surface area contributed by atoms with Gasteiger partial charge in [0, 0.05) is 15.8 Å². The number of carbonyl (C=O) groups excluding carboxylic acids is 2. The van der Waals surface area contributed by atoms with Crippen LogP contribution in [-0.2, 0) is 0 Å². The van der Waals surface area contributed by atoms with Crippen molar-refractivity contribution in [3.8, 4) is 11.1 Å². The largest absolute Gasteiger partial charge is 0.365 e. The number of nitrogens with two attached hydrogens (primary N) is 1. The molecule has 2 heterocycles. The van der Waals surface area contributed by atoms with Crippen LogP contribution in [0.4, 0.5) is 5.00 Å². The first-order chi connectivity index (χ1) is 14.0. The van der Waals surface area contributed by atoms with Crippen LogP contribution in [0.2, 0.25) is 0 Å². The van der Waals surface area contributed by atoms with E-state index < -0.39 is 5.91 Å². The standard InChI is InChI=1S/C23H19N3O2S/c1-13-17(12-16-10-6-7-11-18(16)25-13)22(28)26-23-20(21(24)27)19(14(2)29-23)15-8-4-3-5-9-15/h3-12H,1-2H3,(H2,24,27)(H,26,28). The summed E-state index contributed by atoms with van der Waals surface area (Å²) < 4.78 is 0. The highest BCUT2D eigenvalue weighted by molar-refractivity contribution is 7.17. The van der Waals surface area contributed by atoms with Crippen molar-refractivity contribution in [1.29, 1.82) is 0 Å². The summed E-state index contributed by atoms with van der Waals surface area (Å²) in [5.41, 5.74) is 9.58. The number of carbonyl (C=O) groups is 2. The third kappa shape index (κ3) is 3.50. The molecule has 0 atom stereocenters. The average molecular weight is 401 g/mol. The maximum Gasteiger partial charge on any atom is 0.258 e. The van der Waals surface area contributed by atoms with Crippen molar-refractivity contribution in [2.45, 2.75) is 13.8 Å². The fourth-order valence-electron chi connectivity index (χ4n) is 3.43. The minimum absolute atomic E-state index is 0.316. The predicted octanol–water partition coefficient (Wildman–Crippen LogP) is 4.93. The molecule has 5 nitrogen and oxygen atoms in total. The van der Waals surface area contributed by atoms with Crippen LogP contribution in [0, 0.1) is 13.8 Å². The van der Waals surface area contributed by atoms with E-state index in [0.717, 1.165) is 26.9 Å². The summed E-state index contributed by atoms with van der Waals surface area (Å²) in [6, 6.07) is 19.0. The van der Waals surface area contributed by atoms with Crippen LogP contribution < -0.4 is 11.1 Å². The minimum Gasteiger partial charge on any atom is -0.365 e. The number of anilines is 1. The van der Waals surface area contributed by atoms with E-state index in [2.05, 4.69) is 10.3 Å². The van der Waals surface area contributed by atoms with E-state index in [4.69, 9.17) is 5.73 Å². The van der Waals surface area contributed by atoms with Crippen molar-refractivity contribution in [3.63, 3.8) is 0 Å². The van der Waals surface area contributed by atoms with Gasteiger partial charge in [0.15, 0.2) is 0 Å². The average Bonchev–Trinajstić information content (AvgIpc) is 3.03. The third-order valence-corrected chi connectivity index (χ3v) is 5.80. The molecular formula is C23H19N3O2S. The van der Waals surface area contributed by atoms with Gasteiger partial charge in [0.25, 0.3) is 11.8 Å². The van der Waals surface area contributed by atoms with Crippen LogP contribution in [0.3, 0.4) is 0 Å². The van der Waals surface area contributed by atoms with Crippen LogP contribution in [0.1, 0.15) is 31.3 Å². The summed E-state index contributed by atoms with van der Waals surface area (Å²) in [6.45, 7) is 3.71. The molecule has 0 aliphatic carbocycles. The van der Waals surface area contributed by atoms with E-state index in [1.54, 1.807) is 6.92 Å². The Labute approximate surface area is 172 Å². The van der Waals surface area contributed by atoms with E-state index in [1.807, 2.05) is 67.6 Å². The Morgan fingerprint density at radius 2 is 1.69 bits per heavy atom. The molecule has 6 heteroatoms. The van der Waals surface area contributed by atoms with Crippen molar-refractivity contribution in [3.05, 3.63) is 82.4 Å². The lowest BCUT2D eigenvalue weighted by atomic mass is 10.0. The predicted molar refractivity (Wildman–Crippen MR) is 117 cm³/mol. The van der Waals surface area contributed by atoms with E-state index in [9.17, 15) is 9.59 Å². The van der Waals surface area contributed by atoms with Gasteiger partial charge in [0.1, 0.15) is 5.00 Å². The van der Waals surface area contributed by atoms with Gasteiger partial charge in [-0.25, -0.2) is 0 Å². The summed E-state index contributed by atoms with van der Waals surface area (Å²) in [4.78, 5) is 30.7. The first-order valence-electron chi connectivity index (χ1n) is 9.12. The number of thiophene rings is 1. The summed E-state index contributed by atoms with van der Waals surface area (Å²) in [5.74, 6) is -0.888. The number of hydrogen-bond donors (Lipinski definition) is 2. The molecule has 0 radical (unpaired) electrons. The molecule has 2 amide bonds. The molecule has 4 rings (SSSR count). The van der Waals surface area contributed by atoms with Gasteiger partial charge in [-0.15, -0.1) is 11.3 Å². The molecule has 0 saturated carbocycles. The monoisotopic (exact) mass is 401 g/mol. The summed E-state index contributed by atoms with van der Waals surface area (Å²) in [6.07, 6.45) is 0. The van der Waals surface area contributed by atoms with Gasteiger partial charge < -0.3 is 11.1 Å². The Kier molecular flexibility index (Phi) is 4.86. The number of hydrogen-bond acceptors (Lipinski definition) is 4. The second-order valence-corrected chi connectivity index (χ2v) is 7.96. The fraction of sp³-hybridized carbons (Fsp3) is 0.0870. The van der Waals surface area contributed by atoms with Crippen molar-refractivity contribution < 1.29 is 9.59 Å². The number of nitrogens with one attached hydrogen (secondary N) is 1. The van der Waals surface area contributed by atoms with Crippen LogP contribution in [-0.4, -0.2) is 16.8 Å². The number of pyridine rings is 1. The number of nitrogens with zero attached hydrogens (tertiary/aromatic N) is 1. The zero-order valence-electron chi connectivity index (χ0n) is 16.0. The van der Waals surface area contributed by atoms with Gasteiger partial charge in [-0.05, 0) is 31.5 Å². The van der Waals surface area contributed by atoms with Gasteiger partial charge in [0.05, 0.1) is 22.3 Å². The maximum absolute atomic E-state index is 13.0. The molecule has 0 saturated heterocycles. The Hall–Kier alpha value is -3.51. The topological polar surface area (TPSA) is 85.1 Å². The number of amides is 2. The summed E-state index contributed by atoms with van der Waals surface area (Å²) in [7, 11) is 0.